The molecule has 1 fully saturated rings. The average molecular weight is 260 g/mol. The molecule has 0 spiro atoms. The predicted molar refractivity (Wildman–Crippen MR) is 77.7 cm³/mol. The molecule has 0 radical (unpaired) electrons. The van der Waals surface area contributed by atoms with Crippen LogP contribution in [0.15, 0.2) is 18.2 Å². The number of carbonyl (C=O) groups is 1. The van der Waals surface area contributed by atoms with Crippen molar-refractivity contribution in [2.24, 2.45) is 17.8 Å². The van der Waals surface area contributed by atoms with Crippen LogP contribution in [0, 0.1) is 24.7 Å². The van der Waals surface area contributed by atoms with Gasteiger partial charge in [-0.05, 0) is 50.2 Å². The third-order valence-corrected chi connectivity index (χ3v) is 4.59. The monoisotopic (exact) mass is 260 g/mol. The van der Waals surface area contributed by atoms with Crippen molar-refractivity contribution in [2.75, 3.05) is 7.11 Å². The van der Waals surface area contributed by atoms with Gasteiger partial charge in [0.25, 0.3) is 0 Å². The molecule has 1 aliphatic rings. The summed E-state index contributed by atoms with van der Waals surface area (Å²) in [6, 6.07) is 5.85. The molecule has 104 valence electrons. The zero-order valence-electron chi connectivity index (χ0n) is 12.4. The number of aryl methyl sites for hydroxylation is 1. The summed E-state index contributed by atoms with van der Waals surface area (Å²) in [7, 11) is 1.63. The highest BCUT2D eigenvalue weighted by Crippen LogP contribution is 2.36. The fraction of sp³-hybridized carbons (Fsp3) is 0.588. The molecule has 0 bridgehead atoms. The molecule has 3 unspecified atom stereocenters. The number of Topliss-reactive ketones (excluding diaryl/α,β-unsaturated/α-hetero) is 1. The number of methoxy groups -OCH3 is 1. The van der Waals surface area contributed by atoms with E-state index in [2.05, 4.69) is 13.8 Å². The lowest BCUT2D eigenvalue weighted by Crippen LogP contribution is -2.26. The maximum absolute atomic E-state index is 12.7. The van der Waals surface area contributed by atoms with Crippen LogP contribution in [-0.4, -0.2) is 12.9 Å². The topological polar surface area (TPSA) is 26.3 Å². The largest absolute Gasteiger partial charge is 0.496 e. The molecule has 0 amide bonds. The molecule has 0 saturated heterocycles. The molecule has 0 aromatic heterocycles. The second-order valence-electron chi connectivity index (χ2n) is 6.03. The maximum atomic E-state index is 12.7. The summed E-state index contributed by atoms with van der Waals surface area (Å²) in [6.07, 6.45) is 3.18. The quantitative estimate of drug-likeness (QED) is 0.759. The van der Waals surface area contributed by atoms with Crippen molar-refractivity contribution in [1.82, 2.24) is 0 Å². The fourth-order valence-corrected chi connectivity index (χ4v) is 3.02. The van der Waals surface area contributed by atoms with Gasteiger partial charge >= 0.3 is 0 Å². The summed E-state index contributed by atoms with van der Waals surface area (Å²) in [5, 5.41) is 0. The minimum atomic E-state index is 0.168. The van der Waals surface area contributed by atoms with Gasteiger partial charge in [-0.3, -0.25) is 4.79 Å². The molecular weight excluding hydrogens is 236 g/mol. The Hall–Kier alpha value is -1.31. The molecule has 2 rings (SSSR count). The second-order valence-corrected chi connectivity index (χ2v) is 6.03. The lowest BCUT2D eigenvalue weighted by Gasteiger charge is -2.31. The Labute approximate surface area is 116 Å². The van der Waals surface area contributed by atoms with Crippen molar-refractivity contribution in [3.63, 3.8) is 0 Å². The Morgan fingerprint density at radius 2 is 1.95 bits per heavy atom. The highest BCUT2D eigenvalue weighted by atomic mass is 16.5. The van der Waals surface area contributed by atoms with Crippen molar-refractivity contribution >= 4 is 5.78 Å². The predicted octanol–water partition coefficient (Wildman–Crippen LogP) is 4.26. The Kier molecular flexibility index (Phi) is 4.28. The number of carbonyl (C=O) groups excluding carboxylic acids is 1. The minimum absolute atomic E-state index is 0.168. The van der Waals surface area contributed by atoms with E-state index < -0.39 is 0 Å². The summed E-state index contributed by atoms with van der Waals surface area (Å²) < 4.78 is 5.34. The van der Waals surface area contributed by atoms with Gasteiger partial charge < -0.3 is 4.74 Å². The van der Waals surface area contributed by atoms with E-state index in [0.717, 1.165) is 36.3 Å². The normalized spacial score (nSPS) is 27.1. The molecule has 0 heterocycles. The number of ether oxygens (including phenoxy) is 1. The van der Waals surface area contributed by atoms with E-state index in [1.165, 1.54) is 0 Å². The van der Waals surface area contributed by atoms with Crippen LogP contribution in [0.4, 0.5) is 0 Å². The third-order valence-electron chi connectivity index (χ3n) is 4.59. The zero-order chi connectivity index (χ0) is 14.0. The Balaban J connectivity index is 2.22. The molecule has 3 atom stereocenters. The standard InChI is InChI=1S/C17H24O2/c1-11-5-8-16(19-4)15(9-11)17(18)14-7-6-12(2)13(3)10-14/h5,8-9,12-14H,6-7,10H2,1-4H3. The van der Waals surface area contributed by atoms with E-state index in [0.29, 0.717) is 11.7 Å². The Morgan fingerprint density at radius 1 is 1.21 bits per heavy atom. The van der Waals surface area contributed by atoms with Gasteiger partial charge in [0.2, 0.25) is 0 Å². The van der Waals surface area contributed by atoms with Gasteiger partial charge in [-0.25, -0.2) is 0 Å². The van der Waals surface area contributed by atoms with Crippen LogP contribution in [0.5, 0.6) is 5.75 Å². The molecule has 2 heteroatoms. The SMILES string of the molecule is COc1ccc(C)cc1C(=O)C1CCC(C)C(C)C1. The van der Waals surface area contributed by atoms with Crippen LogP contribution in [0.1, 0.15) is 49.0 Å². The van der Waals surface area contributed by atoms with Crippen molar-refractivity contribution < 1.29 is 9.53 Å². The van der Waals surface area contributed by atoms with Crippen LogP contribution in [0.3, 0.4) is 0 Å². The number of rotatable bonds is 3. The highest BCUT2D eigenvalue weighted by molar-refractivity contribution is 6.00. The Bertz CT molecular complexity index is 464. The van der Waals surface area contributed by atoms with Crippen molar-refractivity contribution in [1.29, 1.82) is 0 Å². The van der Waals surface area contributed by atoms with E-state index >= 15 is 0 Å². The molecule has 19 heavy (non-hydrogen) atoms. The summed E-state index contributed by atoms with van der Waals surface area (Å²) in [5.74, 6) is 2.52. The van der Waals surface area contributed by atoms with Gasteiger partial charge in [0, 0.05) is 5.92 Å². The molecular formula is C17H24O2. The van der Waals surface area contributed by atoms with Crippen LogP contribution >= 0.6 is 0 Å². The van der Waals surface area contributed by atoms with Gasteiger partial charge in [0.15, 0.2) is 5.78 Å². The molecule has 0 aliphatic heterocycles. The Morgan fingerprint density at radius 3 is 2.58 bits per heavy atom. The van der Waals surface area contributed by atoms with Gasteiger partial charge in [-0.15, -0.1) is 0 Å². The van der Waals surface area contributed by atoms with Crippen LogP contribution in [-0.2, 0) is 0 Å². The summed E-state index contributed by atoms with van der Waals surface area (Å²) >= 11 is 0. The summed E-state index contributed by atoms with van der Waals surface area (Å²) in [4.78, 5) is 12.7. The molecule has 1 aromatic carbocycles. The van der Waals surface area contributed by atoms with Crippen molar-refractivity contribution in [2.45, 2.75) is 40.0 Å². The molecule has 1 saturated carbocycles. The molecule has 1 aliphatic carbocycles. The number of benzene rings is 1. The van der Waals surface area contributed by atoms with Gasteiger partial charge in [-0.2, -0.15) is 0 Å². The minimum Gasteiger partial charge on any atom is -0.496 e. The first-order valence-electron chi connectivity index (χ1n) is 7.21. The smallest absolute Gasteiger partial charge is 0.169 e. The molecule has 0 N–H and O–H groups in total. The van der Waals surface area contributed by atoms with Crippen LogP contribution in [0.2, 0.25) is 0 Å². The lowest BCUT2D eigenvalue weighted by molar-refractivity contribution is 0.0834. The van der Waals surface area contributed by atoms with E-state index in [9.17, 15) is 4.79 Å². The van der Waals surface area contributed by atoms with E-state index in [-0.39, 0.29) is 11.7 Å². The number of hydrogen-bond donors (Lipinski definition) is 0. The van der Waals surface area contributed by atoms with E-state index in [4.69, 9.17) is 4.74 Å². The van der Waals surface area contributed by atoms with E-state index in [1.807, 2.05) is 25.1 Å². The average Bonchev–Trinajstić information content (AvgIpc) is 2.41. The first-order chi connectivity index (χ1) is 9.02. The fourth-order valence-electron chi connectivity index (χ4n) is 3.02. The van der Waals surface area contributed by atoms with Gasteiger partial charge in [-0.1, -0.05) is 25.5 Å². The van der Waals surface area contributed by atoms with Gasteiger partial charge in [0.1, 0.15) is 5.75 Å². The number of ketones is 1. The zero-order valence-corrected chi connectivity index (χ0v) is 12.4. The first-order valence-corrected chi connectivity index (χ1v) is 7.21. The molecule has 1 aromatic rings. The van der Waals surface area contributed by atoms with Crippen LogP contribution in [0.25, 0.3) is 0 Å². The van der Waals surface area contributed by atoms with Crippen molar-refractivity contribution in [3.8, 4) is 5.75 Å². The highest BCUT2D eigenvalue weighted by Gasteiger charge is 2.30. The number of hydrogen-bond acceptors (Lipinski definition) is 2. The van der Waals surface area contributed by atoms with E-state index in [1.54, 1.807) is 7.11 Å². The van der Waals surface area contributed by atoms with Crippen molar-refractivity contribution in [3.05, 3.63) is 29.3 Å². The molecule has 2 nitrogen and oxygen atoms in total. The lowest BCUT2D eigenvalue weighted by atomic mass is 9.73. The van der Waals surface area contributed by atoms with Gasteiger partial charge in [0.05, 0.1) is 12.7 Å². The summed E-state index contributed by atoms with van der Waals surface area (Å²) in [6.45, 7) is 6.57. The van der Waals surface area contributed by atoms with Crippen LogP contribution < -0.4 is 4.74 Å². The second kappa shape index (κ2) is 5.77. The maximum Gasteiger partial charge on any atom is 0.169 e. The first kappa shape index (κ1) is 14.1. The third kappa shape index (κ3) is 2.99. The summed E-state index contributed by atoms with van der Waals surface area (Å²) in [5.41, 5.74) is 1.87.